The average molecular weight is 522 g/mol. The highest BCUT2D eigenvalue weighted by Crippen LogP contribution is 2.26. The Morgan fingerprint density at radius 2 is 1.46 bits per heavy atom. The highest BCUT2D eigenvalue weighted by molar-refractivity contribution is 7.92. The van der Waals surface area contributed by atoms with Gasteiger partial charge in [0, 0.05) is 13.6 Å². The number of sulfonamides is 1. The van der Waals surface area contributed by atoms with Crippen molar-refractivity contribution < 1.29 is 18.0 Å². The van der Waals surface area contributed by atoms with Crippen LogP contribution in [0.1, 0.15) is 35.6 Å². The van der Waals surface area contributed by atoms with Crippen molar-refractivity contribution >= 4 is 27.5 Å². The summed E-state index contributed by atoms with van der Waals surface area (Å²) >= 11 is 0. The van der Waals surface area contributed by atoms with E-state index in [0.717, 1.165) is 26.6 Å². The van der Waals surface area contributed by atoms with Gasteiger partial charge in [0.15, 0.2) is 0 Å². The molecule has 0 aliphatic rings. The Morgan fingerprint density at radius 1 is 0.865 bits per heavy atom. The summed E-state index contributed by atoms with van der Waals surface area (Å²) in [6.45, 7) is 7.28. The monoisotopic (exact) mass is 521 g/mol. The minimum Gasteiger partial charge on any atom is -0.357 e. The molecule has 0 aliphatic carbocycles. The number of carbonyl (C=O) groups is 2. The van der Waals surface area contributed by atoms with Crippen LogP contribution in [0.25, 0.3) is 0 Å². The number of carbonyl (C=O) groups excluding carboxylic acids is 2. The SMILES string of the molecule is CCC(C(=O)NC)N(Cc1ccc(C)cc1)C(=O)CN(c1cccc(C)c1)S(=O)(=O)c1ccc(C)cc1. The molecule has 37 heavy (non-hydrogen) atoms. The zero-order valence-electron chi connectivity index (χ0n) is 22.1. The van der Waals surface area contributed by atoms with Gasteiger partial charge in [0.25, 0.3) is 10.0 Å². The maximum atomic E-state index is 13.9. The van der Waals surface area contributed by atoms with Gasteiger partial charge in [0.05, 0.1) is 10.6 Å². The molecule has 0 bridgehead atoms. The molecule has 0 radical (unpaired) electrons. The standard InChI is InChI=1S/C29H35N3O4S/c1-6-27(29(34)30-5)31(19-24-14-10-21(2)11-15-24)28(33)20-32(25-9-7-8-23(4)18-25)37(35,36)26-16-12-22(3)13-17-26/h7-18,27H,6,19-20H2,1-5H3,(H,30,34). The van der Waals surface area contributed by atoms with Crippen LogP contribution in [0.4, 0.5) is 5.69 Å². The molecule has 8 heteroatoms. The molecule has 3 rings (SSSR count). The number of nitrogens with one attached hydrogen (secondary N) is 1. The first-order valence-corrected chi connectivity index (χ1v) is 13.7. The van der Waals surface area contributed by atoms with Gasteiger partial charge in [-0.1, -0.05) is 66.6 Å². The van der Waals surface area contributed by atoms with Crippen molar-refractivity contribution in [3.8, 4) is 0 Å². The lowest BCUT2D eigenvalue weighted by molar-refractivity contribution is -0.140. The third-order valence-corrected chi connectivity index (χ3v) is 8.07. The van der Waals surface area contributed by atoms with Crippen molar-refractivity contribution in [2.45, 2.75) is 51.6 Å². The van der Waals surface area contributed by atoms with Crippen LogP contribution in [0, 0.1) is 20.8 Å². The second-order valence-corrected chi connectivity index (χ2v) is 11.1. The van der Waals surface area contributed by atoms with Gasteiger partial charge < -0.3 is 10.2 Å². The second-order valence-electron chi connectivity index (χ2n) is 9.21. The molecule has 1 N–H and O–H groups in total. The van der Waals surface area contributed by atoms with Gasteiger partial charge in [-0.05, 0) is 62.6 Å². The van der Waals surface area contributed by atoms with Gasteiger partial charge in [-0.25, -0.2) is 8.42 Å². The van der Waals surface area contributed by atoms with Crippen molar-refractivity contribution in [1.82, 2.24) is 10.2 Å². The zero-order chi connectivity index (χ0) is 27.2. The maximum Gasteiger partial charge on any atom is 0.264 e. The molecule has 0 saturated heterocycles. The number of benzene rings is 3. The minimum absolute atomic E-state index is 0.0934. The van der Waals surface area contributed by atoms with E-state index in [1.54, 1.807) is 42.5 Å². The molecule has 2 amide bonds. The molecule has 7 nitrogen and oxygen atoms in total. The van der Waals surface area contributed by atoms with Gasteiger partial charge in [0.2, 0.25) is 11.8 Å². The predicted molar refractivity (Wildman–Crippen MR) is 147 cm³/mol. The normalized spacial score (nSPS) is 12.0. The molecular weight excluding hydrogens is 486 g/mol. The predicted octanol–water partition coefficient (Wildman–Crippen LogP) is 4.36. The highest BCUT2D eigenvalue weighted by Gasteiger charge is 2.33. The van der Waals surface area contributed by atoms with E-state index in [4.69, 9.17) is 0 Å². The first kappa shape index (κ1) is 27.9. The summed E-state index contributed by atoms with van der Waals surface area (Å²) in [6.07, 6.45) is 0.381. The zero-order valence-corrected chi connectivity index (χ0v) is 22.9. The van der Waals surface area contributed by atoms with Gasteiger partial charge in [0.1, 0.15) is 12.6 Å². The quantitative estimate of drug-likeness (QED) is 0.430. The van der Waals surface area contributed by atoms with E-state index in [1.165, 1.54) is 11.9 Å². The molecular formula is C29H35N3O4S. The van der Waals surface area contributed by atoms with E-state index in [2.05, 4.69) is 5.32 Å². The topological polar surface area (TPSA) is 86.8 Å². The lowest BCUT2D eigenvalue weighted by Crippen LogP contribution is -2.51. The Morgan fingerprint density at radius 3 is 2.00 bits per heavy atom. The first-order chi connectivity index (χ1) is 17.6. The van der Waals surface area contributed by atoms with E-state index < -0.39 is 28.5 Å². The van der Waals surface area contributed by atoms with E-state index in [1.807, 2.05) is 58.0 Å². The summed E-state index contributed by atoms with van der Waals surface area (Å²) in [6, 6.07) is 20.5. The third-order valence-electron chi connectivity index (χ3n) is 6.28. The molecule has 1 unspecified atom stereocenters. The smallest absolute Gasteiger partial charge is 0.264 e. The van der Waals surface area contributed by atoms with Crippen LogP contribution in [-0.4, -0.2) is 44.8 Å². The number of hydrogen-bond acceptors (Lipinski definition) is 4. The Kier molecular flexibility index (Phi) is 9.10. The first-order valence-electron chi connectivity index (χ1n) is 12.3. The molecule has 0 heterocycles. The molecule has 0 spiro atoms. The highest BCUT2D eigenvalue weighted by atomic mass is 32.2. The van der Waals surface area contributed by atoms with Crippen LogP contribution >= 0.6 is 0 Å². The summed E-state index contributed by atoms with van der Waals surface area (Å²) in [4.78, 5) is 28.2. The fourth-order valence-electron chi connectivity index (χ4n) is 4.13. The van der Waals surface area contributed by atoms with Crippen LogP contribution < -0.4 is 9.62 Å². The van der Waals surface area contributed by atoms with Crippen LogP contribution in [0.15, 0.2) is 77.7 Å². The number of anilines is 1. The van der Waals surface area contributed by atoms with E-state index >= 15 is 0 Å². The fraction of sp³-hybridized carbons (Fsp3) is 0.310. The van der Waals surface area contributed by atoms with Crippen molar-refractivity contribution in [2.24, 2.45) is 0 Å². The Labute approximate surface area is 220 Å². The van der Waals surface area contributed by atoms with Crippen molar-refractivity contribution in [1.29, 1.82) is 0 Å². The fourth-order valence-corrected chi connectivity index (χ4v) is 5.53. The van der Waals surface area contributed by atoms with Crippen LogP contribution in [0.2, 0.25) is 0 Å². The van der Waals surface area contributed by atoms with Crippen molar-refractivity contribution in [3.63, 3.8) is 0 Å². The number of aryl methyl sites for hydroxylation is 3. The molecule has 196 valence electrons. The number of likely N-dealkylation sites (N-methyl/N-ethyl adjacent to an activating group) is 1. The van der Waals surface area contributed by atoms with Gasteiger partial charge in [-0.15, -0.1) is 0 Å². The average Bonchev–Trinajstić information content (AvgIpc) is 2.88. The van der Waals surface area contributed by atoms with Gasteiger partial charge in [-0.3, -0.25) is 13.9 Å². The van der Waals surface area contributed by atoms with Gasteiger partial charge in [-0.2, -0.15) is 0 Å². The summed E-state index contributed by atoms with van der Waals surface area (Å²) in [5.74, 6) is -0.764. The number of rotatable bonds is 10. The van der Waals surface area contributed by atoms with E-state index in [0.29, 0.717) is 12.1 Å². The van der Waals surface area contributed by atoms with E-state index in [9.17, 15) is 18.0 Å². The lowest BCUT2D eigenvalue weighted by Gasteiger charge is -2.33. The largest absolute Gasteiger partial charge is 0.357 e. The molecule has 0 aliphatic heterocycles. The summed E-state index contributed by atoms with van der Waals surface area (Å²) in [5, 5.41) is 2.64. The number of hydrogen-bond donors (Lipinski definition) is 1. The lowest BCUT2D eigenvalue weighted by atomic mass is 10.1. The third kappa shape index (κ3) is 6.77. The van der Waals surface area contributed by atoms with Gasteiger partial charge >= 0.3 is 0 Å². The summed E-state index contributed by atoms with van der Waals surface area (Å²) < 4.78 is 28.8. The minimum atomic E-state index is -4.07. The molecule has 0 fully saturated rings. The number of amides is 2. The van der Waals surface area contributed by atoms with Crippen LogP contribution in [0.3, 0.4) is 0 Å². The molecule has 3 aromatic carbocycles. The second kappa shape index (κ2) is 12.1. The summed E-state index contributed by atoms with van der Waals surface area (Å²) in [7, 11) is -2.54. The van der Waals surface area contributed by atoms with Crippen LogP contribution in [-0.2, 0) is 26.2 Å². The number of nitrogens with zero attached hydrogens (tertiary/aromatic N) is 2. The Balaban J connectivity index is 2.05. The Hall–Kier alpha value is -3.65. The molecule has 3 aromatic rings. The molecule has 1 atom stereocenters. The molecule has 0 aromatic heterocycles. The maximum absolute atomic E-state index is 13.9. The molecule has 0 saturated carbocycles. The van der Waals surface area contributed by atoms with Crippen molar-refractivity contribution in [3.05, 3.63) is 95.1 Å². The summed E-state index contributed by atoms with van der Waals surface area (Å²) in [5.41, 5.74) is 4.11. The van der Waals surface area contributed by atoms with E-state index in [-0.39, 0.29) is 17.3 Å². The van der Waals surface area contributed by atoms with Crippen LogP contribution in [0.5, 0.6) is 0 Å². The van der Waals surface area contributed by atoms with Crippen molar-refractivity contribution in [2.75, 3.05) is 17.9 Å². The Bertz CT molecular complexity index is 1340.